The second-order valence-corrected chi connectivity index (χ2v) is 8.47. The summed E-state index contributed by atoms with van der Waals surface area (Å²) in [5, 5.41) is 1.56. The van der Waals surface area contributed by atoms with Gasteiger partial charge in [-0.15, -0.1) is 0 Å². The zero-order chi connectivity index (χ0) is 12.3. The van der Waals surface area contributed by atoms with Crippen molar-refractivity contribution in [1.82, 2.24) is 4.90 Å². The maximum atomic E-state index is 4.52. The summed E-state index contributed by atoms with van der Waals surface area (Å²) < 4.78 is 0. The van der Waals surface area contributed by atoms with Crippen molar-refractivity contribution in [3.8, 4) is 0 Å². The van der Waals surface area contributed by atoms with Crippen molar-refractivity contribution >= 4 is 24.4 Å². The lowest BCUT2D eigenvalue weighted by Gasteiger charge is -2.39. The summed E-state index contributed by atoms with van der Waals surface area (Å²) in [7, 11) is 0. The second kappa shape index (κ2) is 6.01. The Balaban J connectivity index is 2.51. The Hall–Kier alpha value is 0.660. The van der Waals surface area contributed by atoms with Crippen LogP contribution in [0.2, 0.25) is 0 Å². The van der Waals surface area contributed by atoms with Crippen LogP contribution in [0.15, 0.2) is 0 Å². The fourth-order valence-electron chi connectivity index (χ4n) is 2.35. The Labute approximate surface area is 111 Å². The minimum Gasteiger partial charge on any atom is -0.301 e. The topological polar surface area (TPSA) is 3.24 Å². The van der Waals surface area contributed by atoms with E-state index >= 15 is 0 Å². The van der Waals surface area contributed by atoms with Crippen molar-refractivity contribution in [1.29, 1.82) is 0 Å². The van der Waals surface area contributed by atoms with Gasteiger partial charge in [-0.1, -0.05) is 34.6 Å². The first-order valence-electron chi connectivity index (χ1n) is 6.31. The minimum atomic E-state index is 0.374. The van der Waals surface area contributed by atoms with E-state index in [-0.39, 0.29) is 0 Å². The molecule has 0 N–H and O–H groups in total. The van der Waals surface area contributed by atoms with Crippen LogP contribution in [0.3, 0.4) is 0 Å². The second-order valence-electron chi connectivity index (χ2n) is 6.22. The van der Waals surface area contributed by atoms with Gasteiger partial charge in [-0.3, -0.25) is 0 Å². The predicted octanol–water partition coefficient (Wildman–Crippen LogP) is 3.40. The molecule has 3 unspecified atom stereocenters. The Morgan fingerprint density at radius 1 is 1.25 bits per heavy atom. The van der Waals surface area contributed by atoms with Gasteiger partial charge in [-0.05, 0) is 17.1 Å². The summed E-state index contributed by atoms with van der Waals surface area (Å²) in [5.74, 6) is 1.69. The van der Waals surface area contributed by atoms with E-state index in [4.69, 9.17) is 0 Å². The summed E-state index contributed by atoms with van der Waals surface area (Å²) in [5.41, 5.74) is 0.374. The molecule has 0 aromatic rings. The van der Waals surface area contributed by atoms with Crippen molar-refractivity contribution in [2.45, 2.75) is 45.1 Å². The summed E-state index contributed by atoms with van der Waals surface area (Å²) in [4.78, 5) is 2.64. The van der Waals surface area contributed by atoms with Crippen LogP contribution < -0.4 is 0 Å². The van der Waals surface area contributed by atoms with Crippen LogP contribution in [0, 0.1) is 11.3 Å². The van der Waals surface area contributed by atoms with E-state index in [2.05, 4.69) is 63.9 Å². The molecule has 0 aromatic carbocycles. The third-order valence-corrected chi connectivity index (χ3v) is 5.09. The molecule has 0 radical (unpaired) electrons. The van der Waals surface area contributed by atoms with E-state index in [1.807, 2.05) is 0 Å². The van der Waals surface area contributed by atoms with Gasteiger partial charge in [0.2, 0.25) is 0 Å². The molecular weight excluding hydrogens is 234 g/mol. The third-order valence-electron chi connectivity index (χ3n) is 3.42. The van der Waals surface area contributed by atoms with Crippen molar-refractivity contribution in [3.05, 3.63) is 0 Å². The monoisotopic (exact) mass is 261 g/mol. The lowest BCUT2D eigenvalue weighted by molar-refractivity contribution is 0.163. The number of rotatable bonds is 3. The van der Waals surface area contributed by atoms with E-state index in [0.717, 1.165) is 16.3 Å². The van der Waals surface area contributed by atoms with Gasteiger partial charge in [0, 0.05) is 30.1 Å². The van der Waals surface area contributed by atoms with Gasteiger partial charge >= 0.3 is 0 Å². The first-order chi connectivity index (χ1) is 7.32. The van der Waals surface area contributed by atoms with Gasteiger partial charge in [0.05, 0.1) is 0 Å². The molecule has 0 bridgehead atoms. The average molecular weight is 261 g/mol. The Kier molecular flexibility index (Phi) is 5.53. The third kappa shape index (κ3) is 4.50. The molecule has 1 nitrogen and oxygen atoms in total. The smallest absolute Gasteiger partial charge is 0.0149 e. The van der Waals surface area contributed by atoms with Crippen molar-refractivity contribution < 1.29 is 0 Å². The first-order valence-corrected chi connectivity index (χ1v) is 7.89. The van der Waals surface area contributed by atoms with Gasteiger partial charge in [0.15, 0.2) is 0 Å². The SMILES string of the molecule is CC1CN(CC(CS)C(C)(C)C)CC(C)S1. The van der Waals surface area contributed by atoms with Crippen LogP contribution in [-0.4, -0.2) is 40.8 Å². The van der Waals surface area contributed by atoms with Crippen LogP contribution >= 0.6 is 24.4 Å². The van der Waals surface area contributed by atoms with E-state index in [0.29, 0.717) is 11.3 Å². The lowest BCUT2D eigenvalue weighted by atomic mass is 9.81. The van der Waals surface area contributed by atoms with E-state index in [9.17, 15) is 0 Å². The number of hydrogen-bond acceptors (Lipinski definition) is 3. The van der Waals surface area contributed by atoms with Crippen molar-refractivity contribution in [3.63, 3.8) is 0 Å². The van der Waals surface area contributed by atoms with Crippen LogP contribution in [0.5, 0.6) is 0 Å². The minimum absolute atomic E-state index is 0.374. The highest BCUT2D eigenvalue weighted by atomic mass is 32.2. The van der Waals surface area contributed by atoms with Gasteiger partial charge < -0.3 is 4.90 Å². The zero-order valence-electron chi connectivity index (χ0n) is 11.4. The van der Waals surface area contributed by atoms with Gasteiger partial charge in [-0.2, -0.15) is 24.4 Å². The molecular formula is C13H27NS2. The quantitative estimate of drug-likeness (QED) is 0.776. The molecule has 1 fully saturated rings. The molecule has 1 saturated heterocycles. The van der Waals surface area contributed by atoms with Gasteiger partial charge in [-0.25, -0.2) is 0 Å². The summed E-state index contributed by atoms with van der Waals surface area (Å²) in [6, 6.07) is 0. The number of thiol groups is 1. The highest BCUT2D eigenvalue weighted by Gasteiger charge is 2.29. The fourth-order valence-corrected chi connectivity index (χ4v) is 4.40. The molecule has 0 aliphatic carbocycles. The molecule has 3 heteroatoms. The largest absolute Gasteiger partial charge is 0.301 e. The van der Waals surface area contributed by atoms with Crippen LogP contribution in [-0.2, 0) is 0 Å². The number of hydrogen-bond donors (Lipinski definition) is 1. The fraction of sp³-hybridized carbons (Fsp3) is 1.00. The Morgan fingerprint density at radius 2 is 1.75 bits per heavy atom. The zero-order valence-corrected chi connectivity index (χ0v) is 13.1. The molecule has 0 aromatic heterocycles. The average Bonchev–Trinajstić information content (AvgIpc) is 2.10. The van der Waals surface area contributed by atoms with Crippen molar-refractivity contribution in [2.24, 2.45) is 11.3 Å². The maximum Gasteiger partial charge on any atom is 0.0149 e. The molecule has 0 spiro atoms. The Bertz CT molecular complexity index is 202. The first kappa shape index (κ1) is 14.7. The van der Waals surface area contributed by atoms with Crippen LogP contribution in [0.4, 0.5) is 0 Å². The predicted molar refractivity (Wildman–Crippen MR) is 79.8 cm³/mol. The van der Waals surface area contributed by atoms with E-state index in [1.54, 1.807) is 0 Å². The highest BCUT2D eigenvalue weighted by Crippen LogP contribution is 2.30. The number of nitrogens with zero attached hydrogens (tertiary/aromatic N) is 1. The molecule has 1 aliphatic heterocycles. The van der Waals surface area contributed by atoms with Crippen molar-refractivity contribution in [2.75, 3.05) is 25.4 Å². The van der Waals surface area contributed by atoms with Gasteiger partial charge in [0.1, 0.15) is 0 Å². The molecule has 3 atom stereocenters. The van der Waals surface area contributed by atoms with Crippen LogP contribution in [0.1, 0.15) is 34.6 Å². The highest BCUT2D eigenvalue weighted by molar-refractivity contribution is 8.00. The lowest BCUT2D eigenvalue weighted by Crippen LogP contribution is -2.45. The molecule has 16 heavy (non-hydrogen) atoms. The summed E-state index contributed by atoms with van der Waals surface area (Å²) in [6.07, 6.45) is 0. The van der Waals surface area contributed by atoms with Crippen LogP contribution in [0.25, 0.3) is 0 Å². The number of thioether (sulfide) groups is 1. The standard InChI is InChI=1S/C13H27NS2/c1-10-6-14(7-11(2)16-10)8-12(9-15)13(3,4)5/h10-12,15H,6-9H2,1-5H3. The molecule has 1 heterocycles. The molecule has 1 rings (SSSR count). The van der Waals surface area contributed by atoms with E-state index < -0.39 is 0 Å². The molecule has 0 amide bonds. The molecule has 96 valence electrons. The normalized spacial score (nSPS) is 30.4. The summed E-state index contributed by atoms with van der Waals surface area (Å²) >= 11 is 6.65. The summed E-state index contributed by atoms with van der Waals surface area (Å²) in [6.45, 7) is 15.4. The maximum absolute atomic E-state index is 4.52. The molecule has 0 saturated carbocycles. The Morgan fingerprint density at radius 3 is 2.12 bits per heavy atom. The molecule has 1 aliphatic rings. The van der Waals surface area contributed by atoms with Gasteiger partial charge in [0.25, 0.3) is 0 Å². The van der Waals surface area contributed by atoms with E-state index in [1.165, 1.54) is 19.6 Å².